The van der Waals surface area contributed by atoms with Crippen molar-refractivity contribution >= 4 is 32.5 Å². The van der Waals surface area contributed by atoms with Gasteiger partial charge in [-0.05, 0) is 69.9 Å². The first kappa shape index (κ1) is 28.7. The average Bonchev–Trinajstić information content (AvgIpc) is 2.99. The third-order valence-corrected chi connectivity index (χ3v) is 7.92. The molecule has 0 saturated carbocycles. The van der Waals surface area contributed by atoms with E-state index < -0.39 is 27.7 Å². The fourth-order valence-corrected chi connectivity index (χ4v) is 5.47. The second kappa shape index (κ2) is 11.6. The summed E-state index contributed by atoms with van der Waals surface area (Å²) in [5.41, 5.74) is 1.34. The molecule has 0 aliphatic carbocycles. The van der Waals surface area contributed by atoms with Crippen LogP contribution in [0.5, 0.6) is 5.75 Å². The van der Waals surface area contributed by atoms with Crippen LogP contribution in [0.4, 0.5) is 18.9 Å². The normalized spacial score (nSPS) is 11.7. The molecule has 10 heteroatoms. The van der Waals surface area contributed by atoms with Gasteiger partial charge in [-0.3, -0.25) is 4.72 Å². The van der Waals surface area contributed by atoms with E-state index >= 15 is 0 Å². The number of rotatable bonds is 8. The fraction of sp³-hybridized carbons (Fsp3) is 0.0938. The maximum atomic E-state index is 13.2. The van der Waals surface area contributed by atoms with Crippen LogP contribution in [0.1, 0.15) is 21.5 Å². The number of hydrogen-bond donors (Lipinski definition) is 1. The minimum absolute atomic E-state index is 0.0244. The van der Waals surface area contributed by atoms with E-state index in [1.807, 2.05) is 24.3 Å². The lowest BCUT2D eigenvalue weighted by Crippen LogP contribution is -2.16. The van der Waals surface area contributed by atoms with Gasteiger partial charge in [-0.1, -0.05) is 66.7 Å². The first-order valence-electron chi connectivity index (χ1n) is 12.7. The Labute approximate surface area is 240 Å². The van der Waals surface area contributed by atoms with Crippen LogP contribution in [0.3, 0.4) is 0 Å². The number of carbonyl (C=O) groups is 1. The molecule has 0 atom stereocenters. The molecule has 0 spiro atoms. The van der Waals surface area contributed by atoms with Gasteiger partial charge in [0, 0.05) is 0 Å². The number of hydrogen-bond acceptors (Lipinski definition) is 5. The number of anilines is 1. The summed E-state index contributed by atoms with van der Waals surface area (Å²) in [6.07, 6.45) is -4.46. The summed E-state index contributed by atoms with van der Waals surface area (Å²) in [5.74, 6) is -0.627. The maximum Gasteiger partial charge on any atom is 0.416 e. The molecular weight excluding hydrogens is 567 g/mol. The van der Waals surface area contributed by atoms with Crippen molar-refractivity contribution in [2.75, 3.05) is 11.8 Å². The Morgan fingerprint density at radius 2 is 1.50 bits per heavy atom. The van der Waals surface area contributed by atoms with Gasteiger partial charge in [0.25, 0.3) is 10.0 Å². The third-order valence-electron chi connectivity index (χ3n) is 6.55. The van der Waals surface area contributed by atoms with E-state index in [9.17, 15) is 26.4 Å². The van der Waals surface area contributed by atoms with Crippen molar-refractivity contribution in [2.24, 2.45) is 0 Å². The molecule has 214 valence electrons. The molecule has 0 aliphatic rings. The van der Waals surface area contributed by atoms with Crippen molar-refractivity contribution < 1.29 is 35.9 Å². The Hall–Kier alpha value is -4.83. The van der Waals surface area contributed by atoms with Crippen LogP contribution in [0.25, 0.3) is 21.9 Å². The quantitative estimate of drug-likeness (QED) is 0.187. The summed E-state index contributed by atoms with van der Waals surface area (Å²) in [5, 5.41) is 1.65. The van der Waals surface area contributed by atoms with Crippen LogP contribution >= 0.6 is 0 Å². The average molecular weight is 592 g/mol. The standard InChI is InChI=1S/C32H24F3NO5S/c1-40-31(37)29-18-25(14-16-30(29)36-42(38,39)28-15-13-22-5-2-3-6-24(22)17-28)23-11-9-21(10-12-23)20-41-27-8-4-7-26(19-27)32(33,34)35/h2-19,36H,20H2,1H3. The first-order valence-corrected chi connectivity index (χ1v) is 14.2. The minimum atomic E-state index is -4.46. The molecule has 6 nitrogen and oxygen atoms in total. The SMILES string of the molecule is COC(=O)c1cc(-c2ccc(COc3cccc(C(F)(F)F)c3)cc2)ccc1NS(=O)(=O)c1ccc2ccccc2c1. The molecule has 0 fully saturated rings. The van der Waals surface area contributed by atoms with Gasteiger partial charge in [0.1, 0.15) is 12.4 Å². The summed E-state index contributed by atoms with van der Waals surface area (Å²) in [6.45, 7) is 0.0461. The van der Waals surface area contributed by atoms with Gasteiger partial charge >= 0.3 is 12.1 Å². The number of carbonyl (C=O) groups excluding carboxylic acids is 1. The Bertz CT molecular complexity index is 1870. The van der Waals surface area contributed by atoms with Crippen LogP contribution in [0.15, 0.2) is 114 Å². The number of fused-ring (bicyclic) bond motifs is 1. The number of sulfonamides is 1. The maximum absolute atomic E-state index is 13.2. The van der Waals surface area contributed by atoms with Crippen LogP contribution in [0.2, 0.25) is 0 Å². The topological polar surface area (TPSA) is 81.7 Å². The van der Waals surface area contributed by atoms with Crippen molar-refractivity contribution in [1.82, 2.24) is 0 Å². The minimum Gasteiger partial charge on any atom is -0.489 e. The third kappa shape index (κ3) is 6.39. The lowest BCUT2D eigenvalue weighted by molar-refractivity contribution is -0.137. The van der Waals surface area contributed by atoms with Crippen LogP contribution in [-0.2, 0) is 27.5 Å². The lowest BCUT2D eigenvalue weighted by atomic mass is 10.0. The summed E-state index contributed by atoms with van der Waals surface area (Å²) in [6, 6.07) is 28.5. The van der Waals surface area contributed by atoms with Gasteiger partial charge in [-0.15, -0.1) is 0 Å². The molecular formula is C32H24F3NO5S. The van der Waals surface area contributed by atoms with Crippen LogP contribution in [0, 0.1) is 0 Å². The zero-order chi connectivity index (χ0) is 29.9. The smallest absolute Gasteiger partial charge is 0.416 e. The number of methoxy groups -OCH3 is 1. The lowest BCUT2D eigenvalue weighted by Gasteiger charge is -2.14. The summed E-state index contributed by atoms with van der Waals surface area (Å²) in [7, 11) is -2.82. The number of benzene rings is 5. The first-order chi connectivity index (χ1) is 20.0. The van der Waals surface area contributed by atoms with E-state index in [1.54, 1.807) is 42.5 Å². The Kier molecular flexibility index (Phi) is 7.91. The number of esters is 1. The van der Waals surface area contributed by atoms with Gasteiger partial charge in [-0.2, -0.15) is 13.2 Å². The highest BCUT2D eigenvalue weighted by Crippen LogP contribution is 2.32. The molecule has 1 N–H and O–H groups in total. The van der Waals surface area contributed by atoms with Crippen molar-refractivity contribution in [3.8, 4) is 16.9 Å². The van der Waals surface area contributed by atoms with Gasteiger partial charge in [0.05, 0.1) is 28.8 Å². The molecule has 42 heavy (non-hydrogen) atoms. The van der Waals surface area contributed by atoms with Gasteiger partial charge in [0.15, 0.2) is 0 Å². The van der Waals surface area contributed by atoms with Gasteiger partial charge < -0.3 is 9.47 Å². The zero-order valence-corrected chi connectivity index (χ0v) is 23.0. The molecule has 0 radical (unpaired) electrons. The fourth-order valence-electron chi connectivity index (χ4n) is 4.35. The predicted octanol–water partition coefficient (Wildman–Crippen LogP) is 7.69. The number of alkyl halides is 3. The van der Waals surface area contributed by atoms with Crippen molar-refractivity contribution in [3.05, 3.63) is 126 Å². The number of ether oxygens (including phenoxy) is 2. The van der Waals surface area contributed by atoms with Crippen LogP contribution < -0.4 is 9.46 Å². The highest BCUT2D eigenvalue weighted by atomic mass is 32.2. The molecule has 0 saturated heterocycles. The number of halogens is 3. The van der Waals surface area contributed by atoms with E-state index in [0.29, 0.717) is 16.7 Å². The Morgan fingerprint density at radius 3 is 2.21 bits per heavy atom. The second-order valence-corrected chi connectivity index (χ2v) is 11.1. The molecule has 0 bridgehead atoms. The predicted molar refractivity (Wildman–Crippen MR) is 154 cm³/mol. The highest BCUT2D eigenvalue weighted by Gasteiger charge is 2.30. The Morgan fingerprint density at radius 1 is 0.786 bits per heavy atom. The number of nitrogens with one attached hydrogen (secondary N) is 1. The van der Waals surface area contributed by atoms with Crippen LogP contribution in [-0.4, -0.2) is 21.5 Å². The van der Waals surface area contributed by atoms with Gasteiger partial charge in [0.2, 0.25) is 0 Å². The largest absolute Gasteiger partial charge is 0.489 e. The van der Waals surface area contributed by atoms with Crippen molar-refractivity contribution in [2.45, 2.75) is 17.7 Å². The van der Waals surface area contributed by atoms with E-state index in [2.05, 4.69) is 4.72 Å². The molecule has 5 aromatic carbocycles. The summed E-state index contributed by atoms with van der Waals surface area (Å²) < 4.78 is 78.2. The van der Waals surface area contributed by atoms with E-state index in [4.69, 9.17) is 9.47 Å². The highest BCUT2D eigenvalue weighted by molar-refractivity contribution is 7.92. The molecule has 5 aromatic rings. The van der Waals surface area contributed by atoms with E-state index in [0.717, 1.165) is 22.9 Å². The van der Waals surface area contributed by atoms with Crippen molar-refractivity contribution in [3.63, 3.8) is 0 Å². The van der Waals surface area contributed by atoms with Gasteiger partial charge in [-0.25, -0.2) is 13.2 Å². The molecule has 0 unspecified atom stereocenters. The summed E-state index contributed by atoms with van der Waals surface area (Å²) >= 11 is 0. The summed E-state index contributed by atoms with van der Waals surface area (Å²) in [4.78, 5) is 12.7. The van der Waals surface area contributed by atoms with E-state index in [-0.39, 0.29) is 28.5 Å². The monoisotopic (exact) mass is 591 g/mol. The molecule has 0 amide bonds. The molecule has 0 heterocycles. The second-order valence-electron chi connectivity index (χ2n) is 9.38. The molecule has 5 rings (SSSR count). The molecule has 0 aliphatic heterocycles. The van der Waals surface area contributed by atoms with E-state index in [1.165, 1.54) is 37.4 Å². The molecule has 0 aromatic heterocycles. The zero-order valence-electron chi connectivity index (χ0n) is 22.2. The Balaban J connectivity index is 1.35. The van der Waals surface area contributed by atoms with Crippen molar-refractivity contribution in [1.29, 1.82) is 0 Å².